The lowest BCUT2D eigenvalue weighted by molar-refractivity contribution is 0.212. The van der Waals surface area contributed by atoms with Crippen LogP contribution in [0.5, 0.6) is 0 Å². The van der Waals surface area contributed by atoms with E-state index in [9.17, 15) is 5.11 Å². The van der Waals surface area contributed by atoms with Gasteiger partial charge in [-0.3, -0.25) is 5.10 Å². The van der Waals surface area contributed by atoms with Crippen molar-refractivity contribution in [2.45, 2.75) is 26.2 Å². The third-order valence-corrected chi connectivity index (χ3v) is 3.68. The van der Waals surface area contributed by atoms with Crippen molar-refractivity contribution in [1.29, 1.82) is 0 Å². The van der Waals surface area contributed by atoms with Gasteiger partial charge in [0.2, 0.25) is 0 Å². The zero-order chi connectivity index (χ0) is 11.8. The Morgan fingerprint density at radius 3 is 3.12 bits per heavy atom. The summed E-state index contributed by atoms with van der Waals surface area (Å²) in [5, 5.41) is 16.2. The second-order valence-electron chi connectivity index (χ2n) is 4.89. The van der Waals surface area contributed by atoms with Crippen molar-refractivity contribution in [2.24, 2.45) is 5.92 Å². The summed E-state index contributed by atoms with van der Waals surface area (Å²) in [6, 6.07) is 2.22. The van der Waals surface area contributed by atoms with Crippen LogP contribution in [-0.2, 0) is 12.8 Å². The number of aliphatic hydroxyl groups excluding tert-OH is 1. The Balaban J connectivity index is 1.95. The van der Waals surface area contributed by atoms with Crippen molar-refractivity contribution in [1.82, 2.24) is 15.2 Å². The summed E-state index contributed by atoms with van der Waals surface area (Å²) in [7, 11) is 0. The minimum Gasteiger partial charge on any atom is -0.396 e. The highest BCUT2D eigenvalue weighted by molar-refractivity contribution is 5.63. The summed E-state index contributed by atoms with van der Waals surface area (Å²) >= 11 is 0. The first kappa shape index (κ1) is 10.6. The van der Waals surface area contributed by atoms with E-state index in [1.807, 2.05) is 13.1 Å². The fourth-order valence-electron chi connectivity index (χ4n) is 2.62. The van der Waals surface area contributed by atoms with E-state index in [1.54, 1.807) is 0 Å². The highest BCUT2D eigenvalue weighted by Crippen LogP contribution is 2.30. The molecule has 0 spiro atoms. The second-order valence-corrected chi connectivity index (χ2v) is 4.89. The Hall–Kier alpha value is -1.55. The van der Waals surface area contributed by atoms with Crippen molar-refractivity contribution in [3.63, 3.8) is 0 Å². The maximum atomic E-state index is 9.22. The van der Waals surface area contributed by atoms with E-state index in [1.165, 1.54) is 11.3 Å². The van der Waals surface area contributed by atoms with Gasteiger partial charge in [-0.15, -0.1) is 0 Å². The van der Waals surface area contributed by atoms with Crippen molar-refractivity contribution in [3.05, 3.63) is 29.2 Å². The molecule has 0 fully saturated rings. The lowest BCUT2D eigenvalue weighted by atomic mass is 9.89. The Kier molecular flexibility index (Phi) is 2.52. The van der Waals surface area contributed by atoms with Gasteiger partial charge in [-0.25, -0.2) is 0 Å². The van der Waals surface area contributed by atoms with Crippen LogP contribution in [0.1, 0.15) is 23.4 Å². The molecule has 0 amide bonds. The number of nitrogens with zero attached hydrogens (tertiary/aromatic N) is 1. The van der Waals surface area contributed by atoms with E-state index < -0.39 is 0 Å². The van der Waals surface area contributed by atoms with E-state index in [4.69, 9.17) is 0 Å². The van der Waals surface area contributed by atoms with Crippen LogP contribution >= 0.6 is 0 Å². The Morgan fingerprint density at radius 2 is 2.41 bits per heavy atom. The summed E-state index contributed by atoms with van der Waals surface area (Å²) < 4.78 is 0. The van der Waals surface area contributed by atoms with Gasteiger partial charge in [0.15, 0.2) is 0 Å². The number of aryl methyl sites for hydroxylation is 2. The molecule has 3 rings (SSSR count). The molecule has 0 saturated carbocycles. The maximum Gasteiger partial charge on any atom is 0.0583 e. The molecule has 1 aliphatic carbocycles. The van der Waals surface area contributed by atoms with Gasteiger partial charge in [0, 0.05) is 29.3 Å². The minimum absolute atomic E-state index is 0.290. The van der Waals surface area contributed by atoms with Gasteiger partial charge in [0.25, 0.3) is 0 Å². The first-order chi connectivity index (χ1) is 8.28. The molecule has 1 aliphatic rings. The van der Waals surface area contributed by atoms with Crippen LogP contribution in [0.15, 0.2) is 12.3 Å². The number of aromatic amines is 2. The SMILES string of the molecule is Cc1[nH]ncc1-c1cc2c([nH]1)CC(CO)CC2. The van der Waals surface area contributed by atoms with Crippen molar-refractivity contribution < 1.29 is 5.11 Å². The highest BCUT2D eigenvalue weighted by Gasteiger charge is 2.21. The average molecular weight is 231 g/mol. The molecule has 0 bridgehead atoms. The molecule has 2 heterocycles. The van der Waals surface area contributed by atoms with Crippen molar-refractivity contribution in [3.8, 4) is 11.3 Å². The molecular weight excluding hydrogens is 214 g/mol. The quantitative estimate of drug-likeness (QED) is 0.738. The summed E-state index contributed by atoms with van der Waals surface area (Å²) in [6.45, 7) is 2.32. The van der Waals surface area contributed by atoms with Crippen LogP contribution in [0.3, 0.4) is 0 Å². The monoisotopic (exact) mass is 231 g/mol. The molecule has 0 saturated heterocycles. The maximum absolute atomic E-state index is 9.22. The van der Waals surface area contributed by atoms with E-state index in [-0.39, 0.29) is 0 Å². The first-order valence-corrected chi connectivity index (χ1v) is 6.10. The molecule has 17 heavy (non-hydrogen) atoms. The third-order valence-electron chi connectivity index (χ3n) is 3.68. The smallest absolute Gasteiger partial charge is 0.0583 e. The van der Waals surface area contributed by atoms with Gasteiger partial charge in [-0.2, -0.15) is 5.10 Å². The summed E-state index contributed by atoms with van der Waals surface area (Å²) in [4.78, 5) is 3.47. The van der Waals surface area contributed by atoms with Crippen LogP contribution in [-0.4, -0.2) is 26.9 Å². The Morgan fingerprint density at radius 1 is 1.53 bits per heavy atom. The van der Waals surface area contributed by atoms with E-state index in [2.05, 4.69) is 21.2 Å². The molecule has 0 aromatic carbocycles. The average Bonchev–Trinajstić information content (AvgIpc) is 2.93. The fourth-order valence-corrected chi connectivity index (χ4v) is 2.62. The number of rotatable bonds is 2. The Bertz CT molecular complexity index is 527. The standard InChI is InChI=1S/C13H17N3O/c1-8-11(6-14-16-8)13-5-10-3-2-9(7-17)4-12(10)15-13/h5-6,9,15,17H,2-4,7H2,1H3,(H,14,16). The zero-order valence-corrected chi connectivity index (χ0v) is 9.95. The Labute approximate surface area is 100 Å². The van der Waals surface area contributed by atoms with Crippen LogP contribution < -0.4 is 0 Å². The number of aromatic nitrogens is 3. The molecular formula is C13H17N3O. The number of hydrogen-bond acceptors (Lipinski definition) is 2. The van der Waals surface area contributed by atoms with Crippen molar-refractivity contribution in [2.75, 3.05) is 6.61 Å². The molecule has 0 radical (unpaired) electrons. The van der Waals surface area contributed by atoms with Crippen LogP contribution in [0.4, 0.5) is 0 Å². The predicted molar refractivity (Wildman–Crippen MR) is 65.7 cm³/mol. The lowest BCUT2D eigenvalue weighted by Gasteiger charge is -2.19. The fraction of sp³-hybridized carbons (Fsp3) is 0.462. The first-order valence-electron chi connectivity index (χ1n) is 6.10. The second kappa shape index (κ2) is 4.04. The van der Waals surface area contributed by atoms with Crippen LogP contribution in [0.2, 0.25) is 0 Å². The number of aliphatic hydroxyl groups is 1. The summed E-state index contributed by atoms with van der Waals surface area (Å²) in [6.07, 6.45) is 4.97. The number of H-pyrrole nitrogens is 2. The van der Waals surface area contributed by atoms with Gasteiger partial charge in [-0.05, 0) is 43.7 Å². The molecule has 4 nitrogen and oxygen atoms in total. The minimum atomic E-state index is 0.290. The van der Waals surface area contributed by atoms with Crippen LogP contribution in [0, 0.1) is 12.8 Å². The molecule has 1 unspecified atom stereocenters. The van der Waals surface area contributed by atoms with Gasteiger partial charge in [0.05, 0.1) is 6.20 Å². The topological polar surface area (TPSA) is 64.7 Å². The number of fused-ring (bicyclic) bond motifs is 1. The zero-order valence-electron chi connectivity index (χ0n) is 9.95. The van der Waals surface area contributed by atoms with Gasteiger partial charge >= 0.3 is 0 Å². The lowest BCUT2D eigenvalue weighted by Crippen LogP contribution is -2.16. The van der Waals surface area contributed by atoms with Crippen LogP contribution in [0.25, 0.3) is 11.3 Å². The summed E-state index contributed by atoms with van der Waals surface area (Å²) in [5.41, 5.74) is 6.04. The molecule has 1 atom stereocenters. The molecule has 3 N–H and O–H groups in total. The van der Waals surface area contributed by atoms with E-state index in [0.717, 1.165) is 36.2 Å². The normalized spacial score (nSPS) is 19.3. The van der Waals surface area contributed by atoms with E-state index in [0.29, 0.717) is 12.5 Å². The van der Waals surface area contributed by atoms with E-state index >= 15 is 0 Å². The molecule has 4 heteroatoms. The predicted octanol–water partition coefficient (Wildman–Crippen LogP) is 1.81. The van der Waals surface area contributed by atoms with Gasteiger partial charge in [-0.1, -0.05) is 0 Å². The number of nitrogens with one attached hydrogen (secondary N) is 2. The number of hydrogen-bond donors (Lipinski definition) is 3. The summed E-state index contributed by atoms with van der Waals surface area (Å²) in [5.74, 6) is 0.416. The highest BCUT2D eigenvalue weighted by atomic mass is 16.3. The van der Waals surface area contributed by atoms with Crippen molar-refractivity contribution >= 4 is 0 Å². The molecule has 90 valence electrons. The molecule has 2 aromatic heterocycles. The molecule has 0 aliphatic heterocycles. The molecule has 2 aromatic rings. The largest absolute Gasteiger partial charge is 0.396 e. The van der Waals surface area contributed by atoms with Gasteiger partial charge in [0.1, 0.15) is 0 Å². The third kappa shape index (κ3) is 1.78. The van der Waals surface area contributed by atoms with Gasteiger partial charge < -0.3 is 10.1 Å².